The number of amides is 1. The summed E-state index contributed by atoms with van der Waals surface area (Å²) in [5.41, 5.74) is 9.23. The summed E-state index contributed by atoms with van der Waals surface area (Å²) in [5.74, 6) is 0.718. The predicted molar refractivity (Wildman–Crippen MR) is 88.1 cm³/mol. The fourth-order valence-corrected chi connectivity index (χ4v) is 3.07. The molecule has 3 heterocycles. The maximum Gasteiger partial charge on any atom is 0.254 e. The van der Waals surface area contributed by atoms with Crippen molar-refractivity contribution in [2.75, 3.05) is 18.8 Å². The monoisotopic (exact) mass is 307 g/mol. The third-order valence-corrected chi connectivity index (χ3v) is 4.54. The summed E-state index contributed by atoms with van der Waals surface area (Å²) in [6.45, 7) is 3.20. The third-order valence-electron chi connectivity index (χ3n) is 4.54. The number of nitrogens with one attached hydrogen (secondary N) is 1. The van der Waals surface area contributed by atoms with E-state index in [9.17, 15) is 4.79 Å². The van der Waals surface area contributed by atoms with Crippen LogP contribution in [0.25, 0.3) is 10.9 Å². The number of aromatic amines is 1. The van der Waals surface area contributed by atoms with E-state index in [1.165, 1.54) is 0 Å². The highest BCUT2D eigenvalue weighted by atomic mass is 16.2. The second-order valence-corrected chi connectivity index (χ2v) is 5.93. The lowest BCUT2D eigenvalue weighted by Crippen LogP contribution is -2.48. The van der Waals surface area contributed by atoms with Gasteiger partial charge in [-0.25, -0.2) is 4.98 Å². The number of fused-ring (bicyclic) bond motifs is 1. The number of likely N-dealkylation sites (tertiary alicyclic amines) is 1. The van der Waals surface area contributed by atoms with Gasteiger partial charge in [0, 0.05) is 47.4 Å². The van der Waals surface area contributed by atoms with Crippen molar-refractivity contribution in [1.82, 2.24) is 20.1 Å². The van der Waals surface area contributed by atoms with Crippen LogP contribution in [0.1, 0.15) is 27.5 Å². The van der Waals surface area contributed by atoms with E-state index in [0.717, 1.165) is 22.2 Å². The van der Waals surface area contributed by atoms with E-state index >= 15 is 0 Å². The van der Waals surface area contributed by atoms with Gasteiger partial charge in [-0.15, -0.1) is 0 Å². The topological polar surface area (TPSA) is 87.9 Å². The fourth-order valence-electron chi connectivity index (χ4n) is 3.07. The molecule has 6 nitrogen and oxygen atoms in total. The number of hydrogen-bond donors (Lipinski definition) is 2. The lowest BCUT2D eigenvalue weighted by atomic mass is 9.93. The first-order valence-corrected chi connectivity index (χ1v) is 7.58. The normalized spacial score (nSPS) is 14.9. The van der Waals surface area contributed by atoms with Crippen LogP contribution in [0, 0.1) is 6.92 Å². The number of hydrogen-bond acceptors (Lipinski definition) is 4. The van der Waals surface area contributed by atoms with E-state index < -0.39 is 0 Å². The van der Waals surface area contributed by atoms with Gasteiger partial charge in [-0.1, -0.05) is 18.2 Å². The molecule has 23 heavy (non-hydrogen) atoms. The number of nitrogens with zero attached hydrogens (tertiary/aromatic N) is 3. The van der Waals surface area contributed by atoms with Crippen molar-refractivity contribution in [2.24, 2.45) is 0 Å². The first-order chi connectivity index (χ1) is 11.1. The van der Waals surface area contributed by atoms with Crippen LogP contribution >= 0.6 is 0 Å². The molecule has 116 valence electrons. The molecule has 1 aliphatic heterocycles. The first kappa shape index (κ1) is 13.8. The summed E-state index contributed by atoms with van der Waals surface area (Å²) in [5, 5.41) is 8.57. The van der Waals surface area contributed by atoms with Gasteiger partial charge in [0.15, 0.2) is 0 Å². The van der Waals surface area contributed by atoms with Crippen LogP contribution in [0.3, 0.4) is 0 Å². The second-order valence-electron chi connectivity index (χ2n) is 5.93. The highest BCUT2D eigenvalue weighted by Crippen LogP contribution is 2.32. The summed E-state index contributed by atoms with van der Waals surface area (Å²) in [4.78, 5) is 18.4. The number of nitrogen functional groups attached to an aromatic ring is 1. The Morgan fingerprint density at radius 1 is 1.30 bits per heavy atom. The molecule has 0 radical (unpaired) electrons. The van der Waals surface area contributed by atoms with Gasteiger partial charge in [0.1, 0.15) is 5.82 Å². The molecule has 0 bridgehead atoms. The molecular formula is C17H17N5O. The third kappa shape index (κ3) is 2.14. The number of nitrogens with two attached hydrogens (primary N) is 1. The van der Waals surface area contributed by atoms with Gasteiger partial charge in [-0.3, -0.25) is 9.89 Å². The smallest absolute Gasteiger partial charge is 0.254 e. The number of pyridine rings is 1. The summed E-state index contributed by atoms with van der Waals surface area (Å²) in [7, 11) is 0. The Morgan fingerprint density at radius 2 is 2.09 bits per heavy atom. The Kier molecular flexibility index (Phi) is 3.04. The Balaban J connectivity index is 1.53. The number of aromatic nitrogens is 3. The number of rotatable bonds is 2. The molecule has 0 saturated carbocycles. The van der Waals surface area contributed by atoms with Crippen molar-refractivity contribution < 1.29 is 4.79 Å². The van der Waals surface area contributed by atoms with Crippen LogP contribution < -0.4 is 5.73 Å². The molecule has 0 unspecified atom stereocenters. The van der Waals surface area contributed by atoms with Crippen molar-refractivity contribution in [1.29, 1.82) is 0 Å². The van der Waals surface area contributed by atoms with Crippen LogP contribution in [0.15, 0.2) is 36.5 Å². The lowest BCUT2D eigenvalue weighted by molar-refractivity contribution is 0.0599. The SMILES string of the molecule is Cc1c(C(=O)N2CC(c3[nH]nc4ccccc34)C2)ccnc1N. The second kappa shape index (κ2) is 5.08. The maximum atomic E-state index is 12.6. The van der Waals surface area contributed by atoms with Crippen LogP contribution in [0.4, 0.5) is 5.82 Å². The average molecular weight is 307 g/mol. The number of carbonyl (C=O) groups excluding carboxylic acids is 1. The number of anilines is 1. The van der Waals surface area contributed by atoms with Gasteiger partial charge in [-0.2, -0.15) is 5.10 Å². The summed E-state index contributed by atoms with van der Waals surface area (Å²) >= 11 is 0. The summed E-state index contributed by atoms with van der Waals surface area (Å²) < 4.78 is 0. The molecule has 1 aromatic carbocycles. The molecule has 4 rings (SSSR count). The fraction of sp³-hybridized carbons (Fsp3) is 0.235. The van der Waals surface area contributed by atoms with Gasteiger partial charge in [0.05, 0.1) is 5.52 Å². The number of para-hydroxylation sites is 1. The predicted octanol–water partition coefficient (Wildman–Crippen LogP) is 2.09. The zero-order valence-electron chi connectivity index (χ0n) is 12.8. The minimum atomic E-state index is 0.0108. The Labute approximate surface area is 133 Å². The molecule has 0 atom stereocenters. The van der Waals surface area contributed by atoms with Crippen molar-refractivity contribution in [3.8, 4) is 0 Å². The molecule has 0 spiro atoms. The molecule has 1 aliphatic rings. The average Bonchev–Trinajstić information content (AvgIpc) is 2.92. The molecule has 2 aromatic heterocycles. The van der Waals surface area contributed by atoms with E-state index in [-0.39, 0.29) is 5.91 Å². The molecule has 3 aromatic rings. The zero-order chi connectivity index (χ0) is 16.0. The van der Waals surface area contributed by atoms with Crippen molar-refractivity contribution in [3.63, 3.8) is 0 Å². The van der Waals surface area contributed by atoms with Crippen molar-refractivity contribution in [3.05, 3.63) is 53.3 Å². The van der Waals surface area contributed by atoms with E-state index in [0.29, 0.717) is 30.4 Å². The molecule has 1 saturated heterocycles. The molecule has 3 N–H and O–H groups in total. The van der Waals surface area contributed by atoms with Crippen LogP contribution in [-0.4, -0.2) is 39.1 Å². The minimum absolute atomic E-state index is 0.0108. The first-order valence-electron chi connectivity index (χ1n) is 7.58. The highest BCUT2D eigenvalue weighted by Gasteiger charge is 2.34. The largest absolute Gasteiger partial charge is 0.383 e. The maximum absolute atomic E-state index is 12.6. The van der Waals surface area contributed by atoms with Gasteiger partial charge >= 0.3 is 0 Å². The Morgan fingerprint density at radius 3 is 2.91 bits per heavy atom. The number of benzene rings is 1. The van der Waals surface area contributed by atoms with Crippen molar-refractivity contribution >= 4 is 22.6 Å². The number of carbonyl (C=O) groups is 1. The molecule has 1 amide bonds. The van der Waals surface area contributed by atoms with E-state index in [1.54, 1.807) is 12.3 Å². The van der Waals surface area contributed by atoms with Gasteiger partial charge < -0.3 is 10.6 Å². The zero-order valence-corrected chi connectivity index (χ0v) is 12.8. The van der Waals surface area contributed by atoms with E-state index in [4.69, 9.17) is 5.73 Å². The molecule has 6 heteroatoms. The highest BCUT2D eigenvalue weighted by molar-refractivity contribution is 5.97. The van der Waals surface area contributed by atoms with Gasteiger partial charge in [0.2, 0.25) is 0 Å². The number of H-pyrrole nitrogens is 1. The van der Waals surface area contributed by atoms with Crippen LogP contribution in [0.2, 0.25) is 0 Å². The van der Waals surface area contributed by atoms with Crippen LogP contribution in [0.5, 0.6) is 0 Å². The molecule has 0 aliphatic carbocycles. The lowest BCUT2D eigenvalue weighted by Gasteiger charge is -2.39. The minimum Gasteiger partial charge on any atom is -0.383 e. The van der Waals surface area contributed by atoms with Crippen LogP contribution in [-0.2, 0) is 0 Å². The van der Waals surface area contributed by atoms with E-state index in [1.807, 2.05) is 30.0 Å². The van der Waals surface area contributed by atoms with Gasteiger partial charge in [0.25, 0.3) is 5.91 Å². The van der Waals surface area contributed by atoms with Crippen molar-refractivity contribution in [2.45, 2.75) is 12.8 Å². The Hall–Kier alpha value is -2.89. The van der Waals surface area contributed by atoms with Gasteiger partial charge in [-0.05, 0) is 19.1 Å². The van der Waals surface area contributed by atoms with E-state index in [2.05, 4.69) is 21.2 Å². The summed E-state index contributed by atoms with van der Waals surface area (Å²) in [6, 6.07) is 9.76. The Bertz CT molecular complexity index is 895. The standard InChI is InChI=1S/C17H17N5O/c1-10-12(6-7-19-16(10)18)17(23)22-8-11(9-22)15-13-4-2-3-5-14(13)20-21-15/h2-7,11H,8-9H2,1H3,(H2,18,19)(H,20,21). The summed E-state index contributed by atoms with van der Waals surface area (Å²) in [6.07, 6.45) is 1.58. The molecular weight excluding hydrogens is 290 g/mol. The quantitative estimate of drug-likeness (QED) is 0.759. The molecule has 1 fully saturated rings.